The largest absolute Gasteiger partial charge is 0.322 e. The topological polar surface area (TPSA) is 26.3 Å². The van der Waals surface area contributed by atoms with Crippen molar-refractivity contribution in [1.82, 2.24) is 0 Å². The highest BCUT2D eigenvalue weighted by Gasteiger charge is 2.24. The molecule has 0 amide bonds. The zero-order valence-corrected chi connectivity index (χ0v) is 10.7. The van der Waals surface area contributed by atoms with Crippen LogP contribution in [-0.4, -0.2) is 12.3 Å². The maximum Gasteiger partial charge on any atom is 0.224 e. The van der Waals surface area contributed by atoms with E-state index in [1.807, 2.05) is 0 Å². The molecule has 0 aromatic carbocycles. The van der Waals surface area contributed by atoms with E-state index in [0.29, 0.717) is 6.16 Å². The molecule has 1 fully saturated rings. The molecule has 0 aromatic heterocycles. The van der Waals surface area contributed by atoms with Crippen LogP contribution in [0.5, 0.6) is 0 Å². The Labute approximate surface area is 93.5 Å². The molecule has 0 radical (unpaired) electrons. The van der Waals surface area contributed by atoms with Gasteiger partial charge in [0, 0.05) is 6.16 Å². The second-order valence-electron chi connectivity index (χ2n) is 4.35. The van der Waals surface area contributed by atoms with Crippen molar-refractivity contribution in [2.45, 2.75) is 58.0 Å². The molecule has 3 heteroatoms. The summed E-state index contributed by atoms with van der Waals surface area (Å²) in [7, 11) is -2.52. The fourth-order valence-corrected chi connectivity index (χ4v) is 3.83. The molecular formula is C12H23O2P. The smallest absolute Gasteiger partial charge is 0.224 e. The van der Waals surface area contributed by atoms with Crippen LogP contribution in [-0.2, 0) is 9.09 Å². The first kappa shape index (κ1) is 13.0. The summed E-state index contributed by atoms with van der Waals surface area (Å²) >= 11 is 0. The van der Waals surface area contributed by atoms with Gasteiger partial charge >= 0.3 is 0 Å². The van der Waals surface area contributed by atoms with Crippen LogP contribution in [0, 0.1) is 0 Å². The van der Waals surface area contributed by atoms with E-state index in [1.54, 1.807) is 5.82 Å². The second-order valence-corrected chi connectivity index (χ2v) is 6.83. The summed E-state index contributed by atoms with van der Waals surface area (Å²) in [5, 5.41) is 0. The highest BCUT2D eigenvalue weighted by Crippen LogP contribution is 2.51. The molecule has 1 saturated carbocycles. The quantitative estimate of drug-likeness (QED) is 0.625. The molecule has 0 heterocycles. The Morgan fingerprint density at radius 2 is 2.07 bits per heavy atom. The molecule has 1 aliphatic rings. The van der Waals surface area contributed by atoms with Gasteiger partial charge in [0.2, 0.25) is 7.37 Å². The molecule has 1 atom stereocenters. The molecule has 1 unspecified atom stereocenters. The minimum atomic E-state index is -2.52. The van der Waals surface area contributed by atoms with E-state index in [-0.39, 0.29) is 6.10 Å². The lowest BCUT2D eigenvalue weighted by molar-refractivity contribution is 0.160. The van der Waals surface area contributed by atoms with E-state index in [2.05, 4.69) is 13.5 Å². The lowest BCUT2D eigenvalue weighted by Crippen LogP contribution is -2.15. The molecule has 0 aromatic rings. The van der Waals surface area contributed by atoms with Gasteiger partial charge < -0.3 is 4.52 Å². The van der Waals surface area contributed by atoms with Crippen LogP contribution in [0.15, 0.2) is 12.4 Å². The van der Waals surface area contributed by atoms with Gasteiger partial charge in [-0.1, -0.05) is 39.2 Å². The Morgan fingerprint density at radius 1 is 1.40 bits per heavy atom. The second kappa shape index (κ2) is 6.50. The van der Waals surface area contributed by atoms with Gasteiger partial charge in [-0.15, -0.1) is 0 Å². The highest BCUT2D eigenvalue weighted by atomic mass is 31.2. The van der Waals surface area contributed by atoms with Gasteiger partial charge in [-0.25, -0.2) is 0 Å². The first-order chi connectivity index (χ1) is 7.20. The number of hydrogen-bond acceptors (Lipinski definition) is 2. The molecule has 0 aliphatic heterocycles. The Hall–Kier alpha value is -0.0700. The maximum atomic E-state index is 12.3. The number of hydrogen-bond donors (Lipinski definition) is 0. The summed E-state index contributed by atoms with van der Waals surface area (Å²) in [4.78, 5) is 0. The third-order valence-corrected chi connectivity index (χ3v) is 5.13. The van der Waals surface area contributed by atoms with E-state index in [4.69, 9.17) is 4.52 Å². The van der Waals surface area contributed by atoms with Crippen LogP contribution in [0.1, 0.15) is 51.9 Å². The van der Waals surface area contributed by atoms with Gasteiger partial charge in [0.05, 0.1) is 6.10 Å². The van der Waals surface area contributed by atoms with E-state index in [0.717, 1.165) is 25.7 Å². The van der Waals surface area contributed by atoms with E-state index < -0.39 is 7.37 Å². The minimum Gasteiger partial charge on any atom is -0.322 e. The first-order valence-electron chi connectivity index (χ1n) is 6.11. The molecule has 1 aliphatic carbocycles. The van der Waals surface area contributed by atoms with Gasteiger partial charge in [-0.2, -0.15) is 0 Å². The predicted molar refractivity (Wildman–Crippen MR) is 65.5 cm³/mol. The van der Waals surface area contributed by atoms with Gasteiger partial charge in [-0.3, -0.25) is 4.57 Å². The van der Waals surface area contributed by atoms with Gasteiger partial charge in [0.25, 0.3) is 0 Å². The average Bonchev–Trinajstić information content (AvgIpc) is 2.28. The molecule has 1 rings (SSSR count). The molecule has 0 bridgehead atoms. The number of unbranched alkanes of at least 4 members (excludes halogenated alkanes) is 1. The monoisotopic (exact) mass is 230 g/mol. The third kappa shape index (κ3) is 4.53. The molecule has 2 nitrogen and oxygen atoms in total. The van der Waals surface area contributed by atoms with Gasteiger partial charge in [0.1, 0.15) is 0 Å². The van der Waals surface area contributed by atoms with E-state index >= 15 is 0 Å². The lowest BCUT2D eigenvalue weighted by atomic mass is 9.98. The van der Waals surface area contributed by atoms with Crippen molar-refractivity contribution in [2.75, 3.05) is 6.16 Å². The minimum absolute atomic E-state index is 0.222. The van der Waals surface area contributed by atoms with Crippen molar-refractivity contribution in [2.24, 2.45) is 0 Å². The first-order valence-corrected chi connectivity index (χ1v) is 7.99. The molecule has 0 saturated heterocycles. The fourth-order valence-electron chi connectivity index (χ4n) is 1.99. The summed E-state index contributed by atoms with van der Waals surface area (Å²) in [6, 6.07) is 0. The zero-order chi connectivity index (χ0) is 11.1. The fraction of sp³-hybridized carbons (Fsp3) is 0.833. The molecule has 0 spiro atoms. The molecule has 0 N–H and O–H groups in total. The lowest BCUT2D eigenvalue weighted by Gasteiger charge is -2.25. The maximum absolute atomic E-state index is 12.3. The van der Waals surface area contributed by atoms with Crippen molar-refractivity contribution in [3.05, 3.63) is 12.4 Å². The van der Waals surface area contributed by atoms with Crippen molar-refractivity contribution in [3.63, 3.8) is 0 Å². The summed E-state index contributed by atoms with van der Waals surface area (Å²) < 4.78 is 18.0. The van der Waals surface area contributed by atoms with Gasteiger partial charge in [-0.05, 0) is 25.1 Å². The Balaban J connectivity index is 2.43. The standard InChI is InChI=1S/C12H23O2P/c1-3-5-11-15(13,4-2)14-12-9-7-6-8-10-12/h4,12H,2-3,5-11H2,1H3. The summed E-state index contributed by atoms with van der Waals surface area (Å²) in [5.74, 6) is 1.55. The van der Waals surface area contributed by atoms with Crippen molar-refractivity contribution < 1.29 is 9.09 Å². The summed E-state index contributed by atoms with van der Waals surface area (Å²) in [5.41, 5.74) is 0. The molecule has 88 valence electrons. The molecular weight excluding hydrogens is 207 g/mol. The van der Waals surface area contributed by atoms with Crippen LogP contribution in [0.2, 0.25) is 0 Å². The van der Waals surface area contributed by atoms with E-state index in [9.17, 15) is 4.57 Å². The number of rotatable bonds is 6. The Morgan fingerprint density at radius 3 is 2.60 bits per heavy atom. The normalized spacial score (nSPS) is 22.2. The van der Waals surface area contributed by atoms with Crippen LogP contribution in [0.3, 0.4) is 0 Å². The zero-order valence-electron chi connectivity index (χ0n) is 9.78. The van der Waals surface area contributed by atoms with Crippen LogP contribution in [0.25, 0.3) is 0 Å². The van der Waals surface area contributed by atoms with Crippen LogP contribution < -0.4 is 0 Å². The molecule has 15 heavy (non-hydrogen) atoms. The average molecular weight is 230 g/mol. The Bertz CT molecular complexity index is 232. The van der Waals surface area contributed by atoms with Gasteiger partial charge in [0.15, 0.2) is 0 Å². The predicted octanol–water partition coefficient (Wildman–Crippen LogP) is 4.56. The SMILES string of the molecule is C=CP(=O)(CCCC)OC1CCCCC1. The summed E-state index contributed by atoms with van der Waals surface area (Å²) in [6.07, 6.45) is 8.80. The van der Waals surface area contributed by atoms with Crippen LogP contribution >= 0.6 is 7.37 Å². The van der Waals surface area contributed by atoms with Crippen molar-refractivity contribution in [3.8, 4) is 0 Å². The van der Waals surface area contributed by atoms with Crippen molar-refractivity contribution in [1.29, 1.82) is 0 Å². The van der Waals surface area contributed by atoms with Crippen LogP contribution in [0.4, 0.5) is 0 Å². The Kier molecular flexibility index (Phi) is 5.63. The van der Waals surface area contributed by atoms with Crippen molar-refractivity contribution >= 4 is 7.37 Å². The third-order valence-electron chi connectivity index (χ3n) is 2.98. The van der Waals surface area contributed by atoms with E-state index in [1.165, 1.54) is 19.3 Å². The highest BCUT2D eigenvalue weighted by molar-refractivity contribution is 7.62. The summed E-state index contributed by atoms with van der Waals surface area (Å²) in [6.45, 7) is 5.77.